The Labute approximate surface area is 88.8 Å². The molecule has 82 valence electrons. The Morgan fingerprint density at radius 3 is 2.87 bits per heavy atom. The predicted octanol–water partition coefficient (Wildman–Crippen LogP) is -0.183. The molecule has 1 saturated heterocycles. The standard InChI is InChI=1S/C9H14BNO4/c1-4-15-9(13)7-5-6(2)8(12)11(7)10(3)14/h7,14H,2,4-5H2,1,3H3/t7-/m0/s1. The van der Waals surface area contributed by atoms with Crippen LogP contribution in [-0.2, 0) is 14.3 Å². The minimum atomic E-state index is -1.01. The average molecular weight is 211 g/mol. The number of esters is 1. The molecule has 6 heteroatoms. The molecular formula is C9H14BNO4. The van der Waals surface area contributed by atoms with Crippen molar-refractivity contribution in [2.45, 2.75) is 26.2 Å². The Balaban J connectivity index is 2.84. The monoisotopic (exact) mass is 211 g/mol. The van der Waals surface area contributed by atoms with Crippen molar-refractivity contribution in [2.75, 3.05) is 6.61 Å². The lowest BCUT2D eigenvalue weighted by Gasteiger charge is -2.23. The molecule has 0 radical (unpaired) electrons. The summed E-state index contributed by atoms with van der Waals surface area (Å²) >= 11 is 0. The summed E-state index contributed by atoms with van der Waals surface area (Å²) in [5, 5.41) is 9.38. The van der Waals surface area contributed by atoms with Gasteiger partial charge >= 0.3 is 13.0 Å². The third kappa shape index (κ3) is 2.20. The van der Waals surface area contributed by atoms with Crippen LogP contribution in [0, 0.1) is 0 Å². The Hall–Kier alpha value is -1.30. The largest absolute Gasteiger partial charge is 0.464 e. The molecule has 1 N–H and O–H groups in total. The van der Waals surface area contributed by atoms with Crippen LogP contribution in [0.5, 0.6) is 0 Å². The molecule has 1 aliphatic heterocycles. The highest BCUT2D eigenvalue weighted by atomic mass is 16.5. The molecule has 1 atom stereocenters. The maximum atomic E-state index is 11.5. The van der Waals surface area contributed by atoms with E-state index in [2.05, 4.69) is 6.58 Å². The van der Waals surface area contributed by atoms with Crippen molar-refractivity contribution in [3.63, 3.8) is 0 Å². The first-order valence-corrected chi connectivity index (χ1v) is 4.84. The molecule has 0 saturated carbocycles. The minimum absolute atomic E-state index is 0.225. The number of hydrogen-bond acceptors (Lipinski definition) is 4. The lowest BCUT2D eigenvalue weighted by molar-refractivity contribution is -0.149. The normalized spacial score (nSPS) is 20.7. The summed E-state index contributed by atoms with van der Waals surface area (Å²) in [6, 6.07) is -0.732. The van der Waals surface area contributed by atoms with Gasteiger partial charge < -0.3 is 14.6 Å². The SMILES string of the molecule is C=C1C[C@@H](C(=O)OCC)N(B(C)O)C1=O. The van der Waals surface area contributed by atoms with Gasteiger partial charge in [0.2, 0.25) is 5.91 Å². The number of rotatable bonds is 3. The van der Waals surface area contributed by atoms with Gasteiger partial charge in [-0.3, -0.25) is 4.79 Å². The third-order valence-corrected chi connectivity index (χ3v) is 2.27. The van der Waals surface area contributed by atoms with E-state index in [1.807, 2.05) is 0 Å². The van der Waals surface area contributed by atoms with E-state index in [1.54, 1.807) is 6.92 Å². The number of amides is 1. The van der Waals surface area contributed by atoms with E-state index in [0.29, 0.717) is 5.57 Å². The number of ether oxygens (including phenoxy) is 1. The molecule has 15 heavy (non-hydrogen) atoms. The van der Waals surface area contributed by atoms with Crippen LogP contribution in [0.3, 0.4) is 0 Å². The van der Waals surface area contributed by atoms with Gasteiger partial charge in [0.25, 0.3) is 0 Å². The highest BCUT2D eigenvalue weighted by molar-refractivity contribution is 6.50. The molecule has 0 unspecified atom stereocenters. The van der Waals surface area contributed by atoms with E-state index in [-0.39, 0.29) is 18.9 Å². The van der Waals surface area contributed by atoms with Crippen molar-refractivity contribution in [3.05, 3.63) is 12.2 Å². The van der Waals surface area contributed by atoms with E-state index in [9.17, 15) is 14.6 Å². The first kappa shape index (κ1) is 11.8. The summed E-state index contributed by atoms with van der Waals surface area (Å²) in [4.78, 5) is 24.1. The molecular weight excluding hydrogens is 197 g/mol. The quantitative estimate of drug-likeness (QED) is 0.399. The minimum Gasteiger partial charge on any atom is -0.464 e. The molecule has 0 aromatic heterocycles. The van der Waals surface area contributed by atoms with Crippen molar-refractivity contribution in [3.8, 4) is 0 Å². The van der Waals surface area contributed by atoms with Crippen LogP contribution in [0.1, 0.15) is 13.3 Å². The van der Waals surface area contributed by atoms with Crippen molar-refractivity contribution in [1.29, 1.82) is 0 Å². The van der Waals surface area contributed by atoms with Gasteiger partial charge in [0.05, 0.1) is 6.61 Å². The second kappa shape index (κ2) is 4.48. The maximum absolute atomic E-state index is 11.5. The van der Waals surface area contributed by atoms with Crippen LogP contribution in [0.15, 0.2) is 12.2 Å². The zero-order valence-electron chi connectivity index (χ0n) is 8.90. The van der Waals surface area contributed by atoms with Gasteiger partial charge in [0, 0.05) is 12.0 Å². The van der Waals surface area contributed by atoms with Crippen LogP contribution in [0.2, 0.25) is 6.82 Å². The molecule has 1 aliphatic rings. The molecule has 1 amide bonds. The summed E-state index contributed by atoms with van der Waals surface area (Å²) < 4.78 is 4.82. The molecule has 0 aromatic carbocycles. The first-order valence-electron chi connectivity index (χ1n) is 4.84. The second-order valence-electron chi connectivity index (χ2n) is 3.42. The van der Waals surface area contributed by atoms with Crippen LogP contribution in [0.4, 0.5) is 0 Å². The number of carbonyl (C=O) groups excluding carboxylic acids is 2. The molecule has 0 aromatic rings. The summed E-state index contributed by atoms with van der Waals surface area (Å²) in [7, 11) is -1.01. The lowest BCUT2D eigenvalue weighted by Crippen LogP contribution is -2.47. The zero-order valence-corrected chi connectivity index (χ0v) is 8.90. The molecule has 0 spiro atoms. The molecule has 1 heterocycles. The fraction of sp³-hybridized carbons (Fsp3) is 0.556. The lowest BCUT2D eigenvalue weighted by atomic mass is 9.84. The van der Waals surface area contributed by atoms with Gasteiger partial charge in [0.15, 0.2) is 0 Å². The van der Waals surface area contributed by atoms with Crippen molar-refractivity contribution >= 4 is 18.9 Å². The van der Waals surface area contributed by atoms with Crippen molar-refractivity contribution < 1.29 is 19.3 Å². The van der Waals surface area contributed by atoms with E-state index in [1.165, 1.54) is 6.82 Å². The van der Waals surface area contributed by atoms with E-state index >= 15 is 0 Å². The summed E-state index contributed by atoms with van der Waals surface area (Å²) in [6.45, 7) is 6.93. The highest BCUT2D eigenvalue weighted by Gasteiger charge is 2.42. The number of hydrogen-bond donors (Lipinski definition) is 1. The van der Waals surface area contributed by atoms with Gasteiger partial charge in [-0.05, 0) is 13.7 Å². The highest BCUT2D eigenvalue weighted by Crippen LogP contribution is 2.24. The van der Waals surface area contributed by atoms with E-state index in [4.69, 9.17) is 4.74 Å². The van der Waals surface area contributed by atoms with Gasteiger partial charge in [-0.15, -0.1) is 0 Å². The average Bonchev–Trinajstić information content (AvgIpc) is 2.44. The maximum Gasteiger partial charge on any atom is 0.412 e. The molecule has 1 rings (SSSR count). The van der Waals surface area contributed by atoms with Gasteiger partial charge in [-0.25, -0.2) is 4.79 Å². The number of carbonyl (C=O) groups is 2. The Morgan fingerprint density at radius 2 is 2.40 bits per heavy atom. The fourth-order valence-electron chi connectivity index (χ4n) is 1.61. The Morgan fingerprint density at radius 1 is 1.80 bits per heavy atom. The van der Waals surface area contributed by atoms with Gasteiger partial charge in [-0.1, -0.05) is 6.58 Å². The Kier molecular flexibility index (Phi) is 3.52. The summed E-state index contributed by atoms with van der Waals surface area (Å²) in [6.07, 6.45) is 0.225. The van der Waals surface area contributed by atoms with Gasteiger partial charge in [-0.2, -0.15) is 0 Å². The predicted molar refractivity (Wildman–Crippen MR) is 54.9 cm³/mol. The molecule has 5 nitrogen and oxygen atoms in total. The Bertz CT molecular complexity index is 302. The molecule has 0 bridgehead atoms. The third-order valence-electron chi connectivity index (χ3n) is 2.27. The zero-order chi connectivity index (χ0) is 11.6. The van der Waals surface area contributed by atoms with Crippen LogP contribution in [-0.4, -0.2) is 41.4 Å². The fourth-order valence-corrected chi connectivity index (χ4v) is 1.61. The van der Waals surface area contributed by atoms with Crippen LogP contribution in [0.25, 0.3) is 0 Å². The van der Waals surface area contributed by atoms with Crippen molar-refractivity contribution in [2.24, 2.45) is 0 Å². The van der Waals surface area contributed by atoms with Gasteiger partial charge in [0.1, 0.15) is 6.04 Å². The van der Waals surface area contributed by atoms with Crippen LogP contribution >= 0.6 is 0 Å². The summed E-state index contributed by atoms with van der Waals surface area (Å²) in [5.74, 6) is -0.881. The smallest absolute Gasteiger partial charge is 0.412 e. The first-order chi connectivity index (χ1) is 6.99. The van der Waals surface area contributed by atoms with E-state index in [0.717, 1.165) is 4.81 Å². The second-order valence-corrected chi connectivity index (χ2v) is 3.42. The van der Waals surface area contributed by atoms with Crippen LogP contribution < -0.4 is 0 Å². The number of nitrogens with zero attached hydrogens (tertiary/aromatic N) is 1. The van der Waals surface area contributed by atoms with E-state index < -0.39 is 19.1 Å². The molecule has 1 fully saturated rings. The van der Waals surface area contributed by atoms with Crippen molar-refractivity contribution in [1.82, 2.24) is 4.81 Å². The summed E-state index contributed by atoms with van der Waals surface area (Å²) in [5.41, 5.74) is 0.328. The topological polar surface area (TPSA) is 66.8 Å². The molecule has 0 aliphatic carbocycles.